The molecule has 236 valence electrons. The molecule has 1 aliphatic heterocycles. The van der Waals surface area contributed by atoms with E-state index < -0.39 is 53.9 Å². The van der Waals surface area contributed by atoms with Crippen molar-refractivity contribution < 1.29 is 38.5 Å². The van der Waals surface area contributed by atoms with E-state index in [9.17, 15) is 24.3 Å². The summed E-state index contributed by atoms with van der Waals surface area (Å²) in [4.78, 5) is 53.2. The number of Topliss-reactive ketones (excluding diaryl/α,β-unsaturated/α-hetero) is 1. The molecule has 43 heavy (non-hydrogen) atoms. The van der Waals surface area contributed by atoms with Gasteiger partial charge in [-0.15, -0.1) is 6.58 Å². The van der Waals surface area contributed by atoms with Crippen molar-refractivity contribution >= 4 is 23.6 Å². The minimum atomic E-state index is -0.998. The van der Waals surface area contributed by atoms with Crippen molar-refractivity contribution in [3.8, 4) is 0 Å². The summed E-state index contributed by atoms with van der Waals surface area (Å²) in [5.41, 5.74) is 6.59. The molecule has 6 atom stereocenters. The number of allylic oxidation sites excluding steroid dienone is 4. The maximum absolute atomic E-state index is 13.8. The van der Waals surface area contributed by atoms with Crippen LogP contribution < -0.4 is 11.1 Å². The molecule has 11 nitrogen and oxygen atoms in total. The summed E-state index contributed by atoms with van der Waals surface area (Å²) in [5, 5.41) is 14.2. The molecular weight excluding hydrogens is 554 g/mol. The first-order valence-corrected chi connectivity index (χ1v) is 14.2. The van der Waals surface area contributed by atoms with Crippen LogP contribution in [-0.4, -0.2) is 85.8 Å². The number of likely N-dealkylation sites (N-methyl/N-ethyl adjacent to an activating group) is 1. The molecule has 2 rings (SSSR count). The molecule has 0 radical (unpaired) electrons. The zero-order valence-corrected chi connectivity index (χ0v) is 26.1. The van der Waals surface area contributed by atoms with Gasteiger partial charge in [0.15, 0.2) is 6.10 Å². The predicted molar refractivity (Wildman–Crippen MR) is 162 cm³/mol. The van der Waals surface area contributed by atoms with Crippen LogP contribution in [0.2, 0.25) is 0 Å². The summed E-state index contributed by atoms with van der Waals surface area (Å²) in [6.45, 7) is 11.0. The first-order chi connectivity index (χ1) is 20.3. The third kappa shape index (κ3) is 9.09. The van der Waals surface area contributed by atoms with Crippen LogP contribution in [0.5, 0.6) is 0 Å². The largest absolute Gasteiger partial charge is 0.439 e. The molecule has 0 aromatic heterocycles. The number of ketones is 2. The number of rotatable bonds is 6. The second-order valence-electron chi connectivity index (χ2n) is 11.0. The normalized spacial score (nSPS) is 31.4. The number of nitrogens with two attached hydrogens (primary N) is 1. The molecule has 0 unspecified atom stereocenters. The van der Waals surface area contributed by atoms with Gasteiger partial charge in [-0.2, -0.15) is 0 Å². The first-order valence-electron chi connectivity index (χ1n) is 14.2. The highest BCUT2D eigenvalue weighted by Crippen LogP contribution is 2.30. The molecule has 0 spiro atoms. The van der Waals surface area contributed by atoms with Gasteiger partial charge in [-0.05, 0) is 38.2 Å². The molecule has 2 aliphatic rings. The van der Waals surface area contributed by atoms with Crippen LogP contribution >= 0.6 is 0 Å². The molecule has 11 heteroatoms. The van der Waals surface area contributed by atoms with E-state index in [0.717, 1.165) is 11.0 Å². The van der Waals surface area contributed by atoms with Crippen molar-refractivity contribution in [2.75, 3.05) is 27.8 Å². The van der Waals surface area contributed by atoms with Gasteiger partial charge < -0.3 is 35.3 Å². The van der Waals surface area contributed by atoms with Gasteiger partial charge in [0.05, 0.1) is 23.6 Å². The van der Waals surface area contributed by atoms with Crippen molar-refractivity contribution in [2.45, 2.75) is 65.0 Å². The summed E-state index contributed by atoms with van der Waals surface area (Å²) in [5.74, 6) is -2.00. The summed E-state index contributed by atoms with van der Waals surface area (Å²) in [7, 11) is 4.37. The zero-order valence-electron chi connectivity index (χ0n) is 26.1. The lowest BCUT2D eigenvalue weighted by Crippen LogP contribution is -2.38. The Balaban J connectivity index is 2.68. The van der Waals surface area contributed by atoms with Crippen LogP contribution in [0.15, 0.2) is 71.1 Å². The van der Waals surface area contributed by atoms with Gasteiger partial charge in [0, 0.05) is 51.0 Å². The molecule has 0 saturated heterocycles. The van der Waals surface area contributed by atoms with E-state index in [1.807, 2.05) is 6.92 Å². The fraction of sp³-hybridized carbons (Fsp3) is 0.500. The van der Waals surface area contributed by atoms with Crippen molar-refractivity contribution in [1.29, 1.82) is 0 Å². The lowest BCUT2D eigenvalue weighted by Gasteiger charge is -2.30. The number of methoxy groups -OCH3 is 2. The predicted octanol–water partition coefficient (Wildman–Crippen LogP) is 2.88. The van der Waals surface area contributed by atoms with E-state index >= 15 is 0 Å². The van der Waals surface area contributed by atoms with E-state index in [0.29, 0.717) is 12.0 Å². The van der Waals surface area contributed by atoms with Gasteiger partial charge in [-0.1, -0.05) is 44.2 Å². The number of hydrogen-bond donors (Lipinski definition) is 3. The van der Waals surface area contributed by atoms with Gasteiger partial charge in [0.2, 0.25) is 11.6 Å². The molecule has 0 saturated carbocycles. The van der Waals surface area contributed by atoms with E-state index in [-0.39, 0.29) is 41.4 Å². The highest BCUT2D eigenvalue weighted by molar-refractivity contribution is 6.23. The van der Waals surface area contributed by atoms with Crippen LogP contribution in [0.1, 0.15) is 40.5 Å². The standard InChI is InChI=1S/C32H45N3O8/c1-9-13-34-27-22-14-18(2)15-26(42-8)28(37)20(4)16-21(5)30(43-32(33)40)25(41-7)12-10-11-19(3)31(39)35(6)23(29(22)38)17-24(27)36/h9-12,16-18,20,25-26,28,30,34,37H,1,13-15H2,2-8H3,(H2,33,40)/b12-10-,19-11+,21-16+/t18-,20+,25+,26+,28-,30+/m1/s1. The van der Waals surface area contributed by atoms with Gasteiger partial charge in [-0.3, -0.25) is 14.4 Å². The van der Waals surface area contributed by atoms with E-state index in [1.165, 1.54) is 27.3 Å². The van der Waals surface area contributed by atoms with Gasteiger partial charge >= 0.3 is 6.09 Å². The van der Waals surface area contributed by atoms with Gasteiger partial charge in [-0.25, -0.2) is 4.79 Å². The number of primary amides is 1. The van der Waals surface area contributed by atoms with Crippen LogP contribution in [0.3, 0.4) is 0 Å². The second kappa shape index (κ2) is 16.2. The quantitative estimate of drug-likeness (QED) is 0.308. The van der Waals surface area contributed by atoms with Crippen LogP contribution in [0.4, 0.5) is 4.79 Å². The van der Waals surface area contributed by atoms with Crippen LogP contribution in [0, 0.1) is 11.8 Å². The number of aliphatic hydroxyl groups excluding tert-OH is 1. The molecule has 1 aliphatic carbocycles. The molecule has 0 fully saturated rings. The summed E-state index contributed by atoms with van der Waals surface area (Å²) < 4.78 is 16.6. The maximum Gasteiger partial charge on any atom is 0.405 e. The molecule has 0 aromatic rings. The number of carbonyl (C=O) groups is 4. The topological polar surface area (TPSA) is 157 Å². The number of hydrogen-bond acceptors (Lipinski definition) is 9. The Morgan fingerprint density at radius 3 is 2.47 bits per heavy atom. The maximum atomic E-state index is 13.8. The summed E-state index contributed by atoms with van der Waals surface area (Å²) in [6, 6.07) is 0. The minimum absolute atomic E-state index is 0.0440. The fourth-order valence-electron chi connectivity index (χ4n) is 5.24. The Kier molecular flexibility index (Phi) is 13.3. The molecule has 1 heterocycles. The van der Waals surface area contributed by atoms with Crippen LogP contribution in [-0.2, 0) is 28.6 Å². The van der Waals surface area contributed by atoms with Gasteiger partial charge in [0.25, 0.3) is 5.91 Å². The Morgan fingerprint density at radius 1 is 1.21 bits per heavy atom. The van der Waals surface area contributed by atoms with Gasteiger partial charge in [0.1, 0.15) is 6.10 Å². The number of fused-ring (bicyclic) bond motifs is 2. The van der Waals surface area contributed by atoms with E-state index in [1.54, 1.807) is 45.1 Å². The zero-order chi connectivity index (χ0) is 32.4. The van der Waals surface area contributed by atoms with Crippen molar-refractivity contribution in [1.82, 2.24) is 10.2 Å². The summed E-state index contributed by atoms with van der Waals surface area (Å²) in [6.07, 6.45) is 5.48. The van der Waals surface area contributed by atoms with E-state index in [2.05, 4.69) is 11.9 Å². The number of nitrogens with one attached hydrogen (secondary N) is 1. The molecule has 4 N–H and O–H groups in total. The molecule has 2 amide bonds. The molecule has 2 bridgehead atoms. The lowest BCUT2D eigenvalue weighted by atomic mass is 9.85. The molecule has 0 aromatic carbocycles. The Morgan fingerprint density at radius 2 is 1.88 bits per heavy atom. The second-order valence-corrected chi connectivity index (χ2v) is 11.0. The lowest BCUT2D eigenvalue weighted by molar-refractivity contribution is -0.127. The van der Waals surface area contributed by atoms with E-state index in [4.69, 9.17) is 19.9 Å². The van der Waals surface area contributed by atoms with Crippen molar-refractivity contribution in [2.24, 2.45) is 17.6 Å². The SMILES string of the molecule is C=CCNC1=C2C[C@@H](C)C[C@H](OC)[C@H](O)[C@@H](C)/C=C(\C)[C@H](OC(N)=O)[C@@H](OC)/C=C\C=C(/C)C(=O)N(C)C(=CC1=O)C2=O. The molecular formula is C32H45N3O8. The summed E-state index contributed by atoms with van der Waals surface area (Å²) >= 11 is 0. The minimum Gasteiger partial charge on any atom is -0.439 e. The highest BCUT2D eigenvalue weighted by atomic mass is 16.6. The monoisotopic (exact) mass is 599 g/mol. The number of amides is 2. The number of carbonyl (C=O) groups excluding carboxylic acids is 4. The third-order valence-corrected chi connectivity index (χ3v) is 7.59. The number of ether oxygens (including phenoxy) is 3. The van der Waals surface area contributed by atoms with Crippen molar-refractivity contribution in [3.63, 3.8) is 0 Å². The average Bonchev–Trinajstić information content (AvgIpc) is 2.96. The average molecular weight is 600 g/mol. The van der Waals surface area contributed by atoms with Crippen molar-refractivity contribution in [3.05, 3.63) is 71.1 Å². The number of nitrogens with zero attached hydrogens (tertiary/aromatic N) is 1. The smallest absolute Gasteiger partial charge is 0.405 e. The Labute approximate surface area is 253 Å². The van der Waals surface area contributed by atoms with Crippen LogP contribution in [0.25, 0.3) is 0 Å². The highest BCUT2D eigenvalue weighted by Gasteiger charge is 2.35. The Hall–Kier alpha value is -3.80. The number of aliphatic hydroxyl groups is 1. The Bertz CT molecular complexity index is 1240. The first kappa shape index (κ1) is 35.4. The third-order valence-electron chi connectivity index (χ3n) is 7.59. The fourth-order valence-corrected chi connectivity index (χ4v) is 5.24.